The van der Waals surface area contributed by atoms with Crippen molar-refractivity contribution >= 4 is 16.9 Å². The van der Waals surface area contributed by atoms with Gasteiger partial charge in [0, 0.05) is 34.9 Å². The van der Waals surface area contributed by atoms with E-state index < -0.39 is 5.97 Å². The number of carboxylic acid groups (broad SMARTS) is 1. The van der Waals surface area contributed by atoms with Gasteiger partial charge in [-0.05, 0) is 18.6 Å². The van der Waals surface area contributed by atoms with E-state index in [4.69, 9.17) is 0 Å². The van der Waals surface area contributed by atoms with Crippen LogP contribution in [-0.4, -0.2) is 26.0 Å². The van der Waals surface area contributed by atoms with Gasteiger partial charge in [0.25, 0.3) is 0 Å². The number of aromatic nitrogens is 3. The van der Waals surface area contributed by atoms with Crippen LogP contribution in [0.15, 0.2) is 36.7 Å². The predicted molar refractivity (Wildman–Crippen MR) is 75.7 cm³/mol. The Bertz CT molecular complexity index is 757. The monoisotopic (exact) mass is 269 g/mol. The number of rotatable bonds is 4. The smallest absolute Gasteiger partial charge is 0.304 e. The second-order valence-electron chi connectivity index (χ2n) is 4.86. The lowest BCUT2D eigenvalue weighted by Crippen LogP contribution is -2.08. The molecule has 102 valence electrons. The lowest BCUT2D eigenvalue weighted by atomic mass is 9.92. The molecule has 0 aliphatic rings. The molecule has 5 nitrogen and oxygen atoms in total. The van der Waals surface area contributed by atoms with E-state index in [1.807, 2.05) is 37.4 Å². The van der Waals surface area contributed by atoms with Crippen molar-refractivity contribution in [3.8, 4) is 0 Å². The van der Waals surface area contributed by atoms with Crippen molar-refractivity contribution in [1.29, 1.82) is 0 Å². The fourth-order valence-electron chi connectivity index (χ4n) is 2.56. The normalized spacial score (nSPS) is 12.7. The van der Waals surface area contributed by atoms with Crippen molar-refractivity contribution in [2.75, 3.05) is 0 Å². The molecule has 0 amide bonds. The second kappa shape index (κ2) is 4.85. The molecule has 1 aromatic carbocycles. The lowest BCUT2D eigenvalue weighted by Gasteiger charge is -2.12. The number of aromatic amines is 2. The van der Waals surface area contributed by atoms with E-state index >= 15 is 0 Å². The van der Waals surface area contributed by atoms with Crippen LogP contribution in [0.5, 0.6) is 0 Å². The van der Waals surface area contributed by atoms with E-state index in [-0.39, 0.29) is 12.3 Å². The van der Waals surface area contributed by atoms with E-state index in [1.165, 1.54) is 0 Å². The molecular formula is C15H15N3O2. The first-order valence-electron chi connectivity index (χ1n) is 6.44. The van der Waals surface area contributed by atoms with Crippen molar-refractivity contribution in [3.05, 3.63) is 53.7 Å². The number of carbonyl (C=O) groups is 1. The summed E-state index contributed by atoms with van der Waals surface area (Å²) in [6.07, 6.45) is 3.63. The minimum absolute atomic E-state index is 0.0312. The van der Waals surface area contributed by atoms with Gasteiger partial charge in [0.2, 0.25) is 0 Å². The Morgan fingerprint density at radius 2 is 2.20 bits per heavy atom. The molecule has 5 heteroatoms. The first-order valence-corrected chi connectivity index (χ1v) is 6.44. The zero-order valence-electron chi connectivity index (χ0n) is 11.1. The zero-order valence-corrected chi connectivity index (χ0v) is 11.1. The van der Waals surface area contributed by atoms with E-state index in [1.54, 1.807) is 6.20 Å². The quantitative estimate of drug-likeness (QED) is 0.681. The summed E-state index contributed by atoms with van der Waals surface area (Å²) < 4.78 is 0. The number of nitrogens with zero attached hydrogens (tertiary/aromatic N) is 1. The standard InChI is InChI=1S/C15H15N3O2/c1-9-16-8-14(18-9)11(6-15(19)20)12-7-17-13-5-3-2-4-10(12)13/h2-5,7-8,11,17H,6H2,1H3,(H,16,18)(H,19,20). The SMILES string of the molecule is Cc1ncc(C(CC(=O)O)c2c[nH]c3ccccc23)[nH]1. The van der Waals surface area contributed by atoms with E-state index in [0.717, 1.165) is 28.0 Å². The third-order valence-electron chi connectivity index (χ3n) is 3.47. The molecule has 0 bridgehead atoms. The van der Waals surface area contributed by atoms with E-state index in [9.17, 15) is 9.90 Å². The maximum atomic E-state index is 11.2. The highest BCUT2D eigenvalue weighted by Crippen LogP contribution is 2.32. The van der Waals surface area contributed by atoms with Gasteiger partial charge in [-0.2, -0.15) is 0 Å². The van der Waals surface area contributed by atoms with Gasteiger partial charge in [-0.1, -0.05) is 18.2 Å². The average molecular weight is 269 g/mol. The molecule has 3 rings (SSSR count). The molecule has 0 aliphatic heterocycles. The lowest BCUT2D eigenvalue weighted by molar-refractivity contribution is -0.137. The summed E-state index contributed by atoms with van der Waals surface area (Å²) in [4.78, 5) is 21.7. The highest BCUT2D eigenvalue weighted by Gasteiger charge is 2.22. The van der Waals surface area contributed by atoms with Gasteiger partial charge in [0.15, 0.2) is 0 Å². The second-order valence-corrected chi connectivity index (χ2v) is 4.86. The average Bonchev–Trinajstić information content (AvgIpc) is 3.02. The molecular weight excluding hydrogens is 254 g/mol. The number of para-hydroxylation sites is 1. The number of hydrogen-bond donors (Lipinski definition) is 3. The van der Waals surface area contributed by atoms with Crippen LogP contribution in [0.1, 0.15) is 29.4 Å². The summed E-state index contributed by atoms with van der Waals surface area (Å²) in [5.74, 6) is -0.271. The number of hydrogen-bond acceptors (Lipinski definition) is 2. The molecule has 1 unspecified atom stereocenters. The fraction of sp³-hybridized carbons (Fsp3) is 0.200. The minimum Gasteiger partial charge on any atom is -0.481 e. The number of aryl methyl sites for hydroxylation is 1. The predicted octanol–water partition coefficient (Wildman–Crippen LogP) is 2.81. The Morgan fingerprint density at radius 3 is 2.90 bits per heavy atom. The van der Waals surface area contributed by atoms with Crippen LogP contribution in [0.25, 0.3) is 10.9 Å². The van der Waals surface area contributed by atoms with Crippen molar-refractivity contribution in [3.63, 3.8) is 0 Å². The summed E-state index contributed by atoms with van der Waals surface area (Å²) in [6.45, 7) is 1.86. The number of imidazole rings is 1. The Labute approximate surface area is 115 Å². The third-order valence-corrected chi connectivity index (χ3v) is 3.47. The molecule has 20 heavy (non-hydrogen) atoms. The van der Waals surface area contributed by atoms with Crippen LogP contribution in [-0.2, 0) is 4.79 Å². The van der Waals surface area contributed by atoms with Crippen LogP contribution >= 0.6 is 0 Å². The minimum atomic E-state index is -0.826. The first kappa shape index (κ1) is 12.5. The topological polar surface area (TPSA) is 81.8 Å². The molecule has 1 atom stereocenters. The Morgan fingerprint density at radius 1 is 1.40 bits per heavy atom. The summed E-state index contributed by atoms with van der Waals surface area (Å²) >= 11 is 0. The third kappa shape index (κ3) is 2.18. The largest absolute Gasteiger partial charge is 0.481 e. The van der Waals surface area contributed by atoms with Gasteiger partial charge in [-0.25, -0.2) is 4.98 Å². The van der Waals surface area contributed by atoms with Gasteiger partial charge in [-0.3, -0.25) is 4.79 Å². The maximum Gasteiger partial charge on any atom is 0.304 e. The van der Waals surface area contributed by atoms with Crippen LogP contribution in [0.3, 0.4) is 0 Å². The number of carboxylic acids is 1. The molecule has 2 heterocycles. The number of fused-ring (bicyclic) bond motifs is 1. The molecule has 0 saturated heterocycles. The molecule has 0 fully saturated rings. The van der Waals surface area contributed by atoms with Gasteiger partial charge < -0.3 is 15.1 Å². The highest BCUT2D eigenvalue weighted by molar-refractivity contribution is 5.85. The number of benzene rings is 1. The molecule has 0 aliphatic carbocycles. The van der Waals surface area contributed by atoms with Crippen LogP contribution < -0.4 is 0 Å². The summed E-state index contributed by atoms with van der Waals surface area (Å²) in [7, 11) is 0. The molecule has 3 N–H and O–H groups in total. The van der Waals surface area contributed by atoms with Crippen LogP contribution in [0, 0.1) is 6.92 Å². The van der Waals surface area contributed by atoms with Crippen molar-refractivity contribution in [2.45, 2.75) is 19.3 Å². The van der Waals surface area contributed by atoms with Crippen LogP contribution in [0.2, 0.25) is 0 Å². The maximum absolute atomic E-state index is 11.2. The summed E-state index contributed by atoms with van der Waals surface area (Å²) in [6, 6.07) is 7.89. The van der Waals surface area contributed by atoms with Crippen molar-refractivity contribution in [1.82, 2.24) is 15.0 Å². The Kier molecular flexibility index (Phi) is 3.02. The van der Waals surface area contributed by atoms with Crippen molar-refractivity contribution < 1.29 is 9.90 Å². The van der Waals surface area contributed by atoms with E-state index in [2.05, 4.69) is 15.0 Å². The Hall–Kier alpha value is -2.56. The van der Waals surface area contributed by atoms with Gasteiger partial charge >= 0.3 is 5.97 Å². The highest BCUT2D eigenvalue weighted by atomic mass is 16.4. The molecule has 0 saturated carbocycles. The van der Waals surface area contributed by atoms with Crippen LogP contribution in [0.4, 0.5) is 0 Å². The van der Waals surface area contributed by atoms with Gasteiger partial charge in [0.1, 0.15) is 5.82 Å². The summed E-state index contributed by atoms with van der Waals surface area (Å²) in [5.41, 5.74) is 2.82. The first-order chi connectivity index (χ1) is 9.65. The fourth-order valence-corrected chi connectivity index (χ4v) is 2.56. The zero-order chi connectivity index (χ0) is 14.1. The van der Waals surface area contributed by atoms with Gasteiger partial charge in [-0.15, -0.1) is 0 Å². The van der Waals surface area contributed by atoms with Crippen molar-refractivity contribution in [2.24, 2.45) is 0 Å². The molecule has 3 aromatic rings. The molecule has 0 spiro atoms. The number of nitrogens with one attached hydrogen (secondary N) is 2. The van der Waals surface area contributed by atoms with E-state index in [0.29, 0.717) is 0 Å². The number of aliphatic carboxylic acids is 1. The molecule has 2 aromatic heterocycles. The number of H-pyrrole nitrogens is 2. The molecule has 0 radical (unpaired) electrons. The van der Waals surface area contributed by atoms with Gasteiger partial charge in [0.05, 0.1) is 6.42 Å². The Balaban J connectivity index is 2.11. The summed E-state index contributed by atoms with van der Waals surface area (Å²) in [5, 5.41) is 10.2.